The van der Waals surface area contributed by atoms with Gasteiger partial charge in [0, 0.05) is 12.6 Å². The second kappa shape index (κ2) is 2.22. The van der Waals surface area contributed by atoms with Crippen molar-refractivity contribution in [3.63, 3.8) is 0 Å². The van der Waals surface area contributed by atoms with Gasteiger partial charge in [0.15, 0.2) is 0 Å². The van der Waals surface area contributed by atoms with E-state index in [0.29, 0.717) is 5.41 Å². The minimum Gasteiger partial charge on any atom is -0.300 e. The van der Waals surface area contributed by atoms with Crippen molar-refractivity contribution in [2.45, 2.75) is 39.7 Å². The van der Waals surface area contributed by atoms with Gasteiger partial charge in [-0.2, -0.15) is 0 Å². The van der Waals surface area contributed by atoms with Crippen LogP contribution in [0.2, 0.25) is 0 Å². The molecule has 0 saturated carbocycles. The van der Waals surface area contributed by atoms with Gasteiger partial charge in [0.2, 0.25) is 0 Å². The van der Waals surface area contributed by atoms with E-state index in [1.165, 1.54) is 25.9 Å². The molecule has 3 rings (SSSR count). The van der Waals surface area contributed by atoms with Crippen LogP contribution in [0.5, 0.6) is 0 Å². The van der Waals surface area contributed by atoms with Gasteiger partial charge in [-0.25, -0.2) is 0 Å². The van der Waals surface area contributed by atoms with Crippen molar-refractivity contribution in [2.24, 2.45) is 11.3 Å². The number of hydrogen-bond donors (Lipinski definition) is 0. The van der Waals surface area contributed by atoms with Crippen molar-refractivity contribution in [1.82, 2.24) is 4.90 Å². The third kappa shape index (κ3) is 1.10. The first-order chi connectivity index (χ1) is 5.09. The molecule has 3 atom stereocenters. The van der Waals surface area contributed by atoms with Crippen LogP contribution >= 0.6 is 0 Å². The Balaban J connectivity index is 2.16. The van der Waals surface area contributed by atoms with Gasteiger partial charge in [-0.1, -0.05) is 13.8 Å². The topological polar surface area (TPSA) is 3.24 Å². The first kappa shape index (κ1) is 7.60. The van der Waals surface area contributed by atoms with Crippen LogP contribution in [0.4, 0.5) is 0 Å². The molecule has 0 aliphatic carbocycles. The molecule has 0 aromatic carbocycles. The largest absolute Gasteiger partial charge is 0.300 e. The van der Waals surface area contributed by atoms with Gasteiger partial charge in [0.1, 0.15) is 0 Å². The summed E-state index contributed by atoms with van der Waals surface area (Å²) in [6.45, 7) is 9.92. The van der Waals surface area contributed by atoms with Gasteiger partial charge < -0.3 is 4.90 Å². The fraction of sp³-hybridized carbons (Fsp3) is 1.00. The summed E-state index contributed by atoms with van der Waals surface area (Å²) in [6.07, 6.45) is 2.88. The van der Waals surface area contributed by atoms with Crippen molar-refractivity contribution < 1.29 is 0 Å². The Morgan fingerprint density at radius 1 is 1.36 bits per heavy atom. The summed E-state index contributed by atoms with van der Waals surface area (Å²) in [5.41, 5.74) is 0.602. The average molecular weight is 153 g/mol. The van der Waals surface area contributed by atoms with Crippen LogP contribution in [0, 0.1) is 11.3 Å². The minimum absolute atomic E-state index is 0.602. The lowest BCUT2D eigenvalue weighted by Gasteiger charge is -2.53. The molecule has 11 heavy (non-hydrogen) atoms. The standard InChI is InChI=1S/C10H19N/c1-8-6-9-4-5-11(8)7-10(9,2)3/h8-9H,4-7H2,1-3H3/t8-,9?/m0/s1. The van der Waals surface area contributed by atoms with Crippen LogP contribution < -0.4 is 0 Å². The van der Waals surface area contributed by atoms with Gasteiger partial charge in [-0.05, 0) is 37.6 Å². The van der Waals surface area contributed by atoms with Crippen molar-refractivity contribution >= 4 is 0 Å². The Hall–Kier alpha value is -0.0400. The molecule has 0 aromatic heterocycles. The van der Waals surface area contributed by atoms with Gasteiger partial charge in [0.25, 0.3) is 0 Å². The fourth-order valence-electron chi connectivity index (χ4n) is 2.82. The quantitative estimate of drug-likeness (QED) is 0.515. The van der Waals surface area contributed by atoms with Gasteiger partial charge in [-0.15, -0.1) is 0 Å². The maximum absolute atomic E-state index is 2.65. The Labute approximate surface area is 69.8 Å². The van der Waals surface area contributed by atoms with E-state index in [4.69, 9.17) is 0 Å². The molecule has 3 aliphatic rings. The number of hydrogen-bond acceptors (Lipinski definition) is 1. The summed E-state index contributed by atoms with van der Waals surface area (Å²) in [5, 5.41) is 0. The third-order valence-electron chi connectivity index (χ3n) is 3.73. The molecule has 2 unspecified atom stereocenters. The molecule has 0 amide bonds. The maximum atomic E-state index is 2.65. The fourth-order valence-corrected chi connectivity index (χ4v) is 2.82. The zero-order valence-electron chi connectivity index (χ0n) is 7.93. The third-order valence-corrected chi connectivity index (χ3v) is 3.73. The zero-order valence-corrected chi connectivity index (χ0v) is 7.93. The SMILES string of the molecule is C[C@H]1CC2CCN1CC2(C)C. The van der Waals surface area contributed by atoms with E-state index in [2.05, 4.69) is 25.7 Å². The minimum atomic E-state index is 0.602. The normalized spacial score (nSPS) is 47.7. The lowest BCUT2D eigenvalue weighted by Crippen LogP contribution is -2.55. The number of rotatable bonds is 0. The highest BCUT2D eigenvalue weighted by molar-refractivity contribution is 4.95. The van der Waals surface area contributed by atoms with Crippen molar-refractivity contribution in [3.8, 4) is 0 Å². The predicted octanol–water partition coefficient (Wildman–Crippen LogP) is 2.13. The number of fused-ring (bicyclic) bond motifs is 3. The summed E-state index contributed by atoms with van der Waals surface area (Å²) in [4.78, 5) is 2.65. The van der Waals surface area contributed by atoms with Crippen LogP contribution in [0.3, 0.4) is 0 Å². The van der Waals surface area contributed by atoms with E-state index < -0.39 is 0 Å². The smallest absolute Gasteiger partial charge is 0.00700 e. The van der Waals surface area contributed by atoms with E-state index in [9.17, 15) is 0 Å². The number of nitrogens with zero attached hydrogens (tertiary/aromatic N) is 1. The Bertz CT molecular complexity index is 162. The Morgan fingerprint density at radius 3 is 2.36 bits per heavy atom. The van der Waals surface area contributed by atoms with Crippen LogP contribution in [0.25, 0.3) is 0 Å². The van der Waals surface area contributed by atoms with Crippen molar-refractivity contribution in [1.29, 1.82) is 0 Å². The monoisotopic (exact) mass is 153 g/mol. The van der Waals surface area contributed by atoms with E-state index in [1.807, 2.05) is 0 Å². The highest BCUT2D eigenvalue weighted by Crippen LogP contribution is 2.43. The van der Waals surface area contributed by atoms with Crippen LogP contribution in [-0.2, 0) is 0 Å². The molecule has 0 aromatic rings. The molecule has 3 aliphatic heterocycles. The molecule has 1 nitrogen and oxygen atoms in total. The molecule has 3 saturated heterocycles. The first-order valence-electron chi connectivity index (χ1n) is 4.83. The predicted molar refractivity (Wildman–Crippen MR) is 47.5 cm³/mol. The highest BCUT2D eigenvalue weighted by atomic mass is 15.2. The Morgan fingerprint density at radius 2 is 2.09 bits per heavy atom. The maximum Gasteiger partial charge on any atom is 0.00700 e. The molecule has 2 bridgehead atoms. The van der Waals surface area contributed by atoms with Crippen LogP contribution in [0.1, 0.15) is 33.6 Å². The summed E-state index contributed by atoms with van der Waals surface area (Å²) >= 11 is 0. The molecule has 3 heterocycles. The average Bonchev–Trinajstić information content (AvgIpc) is 1.90. The lowest BCUT2D eigenvalue weighted by atomic mass is 9.67. The second-order valence-electron chi connectivity index (χ2n) is 5.03. The van der Waals surface area contributed by atoms with Gasteiger partial charge in [-0.3, -0.25) is 0 Å². The van der Waals surface area contributed by atoms with Crippen molar-refractivity contribution in [2.75, 3.05) is 13.1 Å². The molecule has 0 spiro atoms. The van der Waals surface area contributed by atoms with Gasteiger partial charge in [0.05, 0.1) is 0 Å². The van der Waals surface area contributed by atoms with Gasteiger partial charge >= 0.3 is 0 Å². The van der Waals surface area contributed by atoms with Crippen LogP contribution in [0.15, 0.2) is 0 Å². The van der Waals surface area contributed by atoms with E-state index in [1.54, 1.807) is 0 Å². The summed E-state index contributed by atoms with van der Waals surface area (Å²) in [6, 6.07) is 0.863. The van der Waals surface area contributed by atoms with Crippen molar-refractivity contribution in [3.05, 3.63) is 0 Å². The van der Waals surface area contributed by atoms with E-state index >= 15 is 0 Å². The molecule has 0 radical (unpaired) electrons. The summed E-state index contributed by atoms with van der Waals surface area (Å²) in [7, 11) is 0. The first-order valence-corrected chi connectivity index (χ1v) is 4.83. The Kier molecular flexibility index (Phi) is 1.54. The molecule has 3 fully saturated rings. The summed E-state index contributed by atoms with van der Waals surface area (Å²) < 4.78 is 0. The highest BCUT2D eigenvalue weighted by Gasteiger charge is 2.42. The molecule has 1 heteroatoms. The molecule has 0 N–H and O–H groups in total. The summed E-state index contributed by atoms with van der Waals surface area (Å²) in [5.74, 6) is 1.00. The lowest BCUT2D eigenvalue weighted by molar-refractivity contribution is -0.0386. The number of piperidine rings is 3. The zero-order chi connectivity index (χ0) is 8.06. The van der Waals surface area contributed by atoms with E-state index in [0.717, 1.165) is 12.0 Å². The van der Waals surface area contributed by atoms with Crippen LogP contribution in [-0.4, -0.2) is 24.0 Å². The molecular weight excluding hydrogens is 134 g/mol. The van der Waals surface area contributed by atoms with E-state index in [-0.39, 0.29) is 0 Å². The second-order valence-corrected chi connectivity index (χ2v) is 5.03. The molecular formula is C10H19N. The molecule has 64 valence electrons.